The lowest BCUT2D eigenvalue weighted by Gasteiger charge is -2.07. The molecule has 6 heteroatoms. The molecule has 0 spiro atoms. The van der Waals surface area contributed by atoms with Crippen LogP contribution >= 0.6 is 0 Å². The number of nitro benzene ring substituents is 1. The number of hydrogen-bond donors (Lipinski definition) is 2. The third-order valence-corrected chi connectivity index (χ3v) is 2.75. The molecule has 2 aromatic rings. The van der Waals surface area contributed by atoms with Gasteiger partial charge in [-0.1, -0.05) is 17.7 Å². The molecule has 2 aromatic carbocycles. The van der Waals surface area contributed by atoms with E-state index in [0.717, 1.165) is 23.8 Å². The molecule has 0 unspecified atom stereocenters. The first-order chi connectivity index (χ1) is 9.47. The number of amides is 1. The van der Waals surface area contributed by atoms with E-state index in [1.165, 1.54) is 0 Å². The van der Waals surface area contributed by atoms with Gasteiger partial charge >= 0.3 is 0 Å². The van der Waals surface area contributed by atoms with Crippen molar-refractivity contribution in [3.63, 3.8) is 0 Å². The van der Waals surface area contributed by atoms with Gasteiger partial charge < -0.3 is 10.4 Å². The molecule has 0 atom stereocenters. The zero-order valence-electron chi connectivity index (χ0n) is 10.7. The van der Waals surface area contributed by atoms with Gasteiger partial charge in [-0.25, -0.2) is 0 Å². The second kappa shape index (κ2) is 5.40. The van der Waals surface area contributed by atoms with E-state index in [-0.39, 0.29) is 17.0 Å². The van der Waals surface area contributed by atoms with Crippen molar-refractivity contribution in [1.29, 1.82) is 0 Å². The number of nitrogens with zero attached hydrogens (tertiary/aromatic N) is 1. The number of phenols is 1. The van der Waals surface area contributed by atoms with Crippen molar-refractivity contribution in [2.75, 3.05) is 5.32 Å². The number of rotatable bonds is 3. The smallest absolute Gasteiger partial charge is 0.270 e. The van der Waals surface area contributed by atoms with E-state index in [2.05, 4.69) is 5.32 Å². The molecule has 0 aliphatic heterocycles. The molecule has 0 bridgehead atoms. The lowest BCUT2D eigenvalue weighted by molar-refractivity contribution is -0.384. The van der Waals surface area contributed by atoms with Gasteiger partial charge in [-0.15, -0.1) is 0 Å². The van der Waals surface area contributed by atoms with E-state index in [1.807, 2.05) is 19.1 Å². The van der Waals surface area contributed by atoms with Gasteiger partial charge in [-0.3, -0.25) is 14.9 Å². The first-order valence-electron chi connectivity index (χ1n) is 5.83. The van der Waals surface area contributed by atoms with Crippen LogP contribution < -0.4 is 5.32 Å². The highest BCUT2D eigenvalue weighted by atomic mass is 16.6. The fourth-order valence-corrected chi connectivity index (χ4v) is 1.65. The number of carbonyl (C=O) groups excluding carboxylic acids is 1. The van der Waals surface area contributed by atoms with Crippen LogP contribution in [0.25, 0.3) is 0 Å². The Labute approximate surface area is 114 Å². The van der Waals surface area contributed by atoms with Crippen molar-refractivity contribution in [2.45, 2.75) is 6.92 Å². The number of carbonyl (C=O) groups is 1. The van der Waals surface area contributed by atoms with Crippen LogP contribution in [-0.2, 0) is 0 Å². The van der Waals surface area contributed by atoms with E-state index in [9.17, 15) is 20.0 Å². The maximum atomic E-state index is 12.0. The maximum Gasteiger partial charge on any atom is 0.270 e. The summed E-state index contributed by atoms with van der Waals surface area (Å²) in [4.78, 5) is 22.1. The maximum absolute atomic E-state index is 12.0. The summed E-state index contributed by atoms with van der Waals surface area (Å²) in [6.07, 6.45) is 0. The van der Waals surface area contributed by atoms with Crippen molar-refractivity contribution in [3.8, 4) is 5.75 Å². The Balaban J connectivity index is 2.26. The number of hydrogen-bond acceptors (Lipinski definition) is 4. The Morgan fingerprint density at radius 2 is 1.85 bits per heavy atom. The van der Waals surface area contributed by atoms with E-state index in [4.69, 9.17) is 0 Å². The number of nitro groups is 1. The van der Waals surface area contributed by atoms with Crippen LogP contribution in [0.1, 0.15) is 15.9 Å². The number of benzene rings is 2. The van der Waals surface area contributed by atoms with Gasteiger partial charge in [0.1, 0.15) is 5.75 Å². The molecule has 6 nitrogen and oxygen atoms in total. The molecule has 0 saturated carbocycles. The minimum Gasteiger partial charge on any atom is -0.507 e. The zero-order valence-corrected chi connectivity index (χ0v) is 10.7. The third kappa shape index (κ3) is 2.92. The average Bonchev–Trinajstić information content (AvgIpc) is 2.41. The van der Waals surface area contributed by atoms with Crippen molar-refractivity contribution < 1.29 is 14.8 Å². The van der Waals surface area contributed by atoms with E-state index >= 15 is 0 Å². The number of nitrogens with one attached hydrogen (secondary N) is 1. The summed E-state index contributed by atoms with van der Waals surface area (Å²) in [6, 6.07) is 10.4. The summed E-state index contributed by atoms with van der Waals surface area (Å²) in [5, 5.41) is 22.9. The number of aryl methyl sites for hydroxylation is 1. The largest absolute Gasteiger partial charge is 0.507 e. The summed E-state index contributed by atoms with van der Waals surface area (Å²) >= 11 is 0. The predicted octanol–water partition coefficient (Wildman–Crippen LogP) is 2.86. The highest BCUT2D eigenvalue weighted by Crippen LogP contribution is 2.24. The predicted molar refractivity (Wildman–Crippen MR) is 73.9 cm³/mol. The van der Waals surface area contributed by atoms with Crippen LogP contribution in [0.2, 0.25) is 0 Å². The number of anilines is 1. The molecule has 0 fully saturated rings. The van der Waals surface area contributed by atoms with Gasteiger partial charge in [0.25, 0.3) is 11.6 Å². The fourth-order valence-electron chi connectivity index (χ4n) is 1.65. The molecule has 0 heterocycles. The molecule has 0 saturated heterocycles. The van der Waals surface area contributed by atoms with Gasteiger partial charge in [-0.05, 0) is 25.1 Å². The monoisotopic (exact) mass is 272 g/mol. The minimum absolute atomic E-state index is 0.139. The quantitative estimate of drug-likeness (QED) is 0.663. The van der Waals surface area contributed by atoms with E-state index < -0.39 is 10.8 Å². The summed E-state index contributed by atoms with van der Waals surface area (Å²) < 4.78 is 0. The van der Waals surface area contributed by atoms with Gasteiger partial charge in [-0.2, -0.15) is 0 Å². The Morgan fingerprint density at radius 3 is 2.45 bits per heavy atom. The standard InChI is InChI=1S/C14H12N2O4/c1-9-2-4-10(5-3-9)15-14(18)12-8-11(16(19)20)6-7-13(12)17/h2-8,17H,1H3,(H,15,18). The third-order valence-electron chi connectivity index (χ3n) is 2.75. The lowest BCUT2D eigenvalue weighted by atomic mass is 10.1. The summed E-state index contributed by atoms with van der Waals surface area (Å²) in [6.45, 7) is 1.91. The van der Waals surface area contributed by atoms with Crippen molar-refractivity contribution in [3.05, 3.63) is 63.7 Å². The van der Waals surface area contributed by atoms with Crippen LogP contribution in [0.4, 0.5) is 11.4 Å². The molecule has 1 amide bonds. The van der Waals surface area contributed by atoms with Crippen LogP contribution in [0.15, 0.2) is 42.5 Å². The SMILES string of the molecule is Cc1ccc(NC(=O)c2cc([N+](=O)[O-])ccc2O)cc1. The Kier molecular flexibility index (Phi) is 3.65. The Bertz CT molecular complexity index is 665. The normalized spacial score (nSPS) is 10.1. The fraction of sp³-hybridized carbons (Fsp3) is 0.0714. The zero-order chi connectivity index (χ0) is 14.7. The lowest BCUT2D eigenvalue weighted by Crippen LogP contribution is -2.12. The van der Waals surface area contributed by atoms with Gasteiger partial charge in [0.05, 0.1) is 10.5 Å². The minimum atomic E-state index is -0.623. The number of non-ortho nitro benzene ring substituents is 1. The van der Waals surface area contributed by atoms with Gasteiger partial charge in [0, 0.05) is 17.8 Å². The molecular weight excluding hydrogens is 260 g/mol. The first kappa shape index (κ1) is 13.5. The van der Waals surface area contributed by atoms with Crippen LogP contribution in [0, 0.1) is 17.0 Å². The summed E-state index contributed by atoms with van der Waals surface area (Å²) in [7, 11) is 0. The molecular formula is C14H12N2O4. The number of phenolic OH excluding ortho intramolecular Hbond substituents is 1. The first-order valence-corrected chi connectivity index (χ1v) is 5.83. The van der Waals surface area contributed by atoms with Crippen LogP contribution in [0.5, 0.6) is 5.75 Å². The topological polar surface area (TPSA) is 92.5 Å². The number of aromatic hydroxyl groups is 1. The van der Waals surface area contributed by atoms with Gasteiger partial charge in [0.2, 0.25) is 0 Å². The van der Waals surface area contributed by atoms with E-state index in [1.54, 1.807) is 12.1 Å². The molecule has 2 N–H and O–H groups in total. The second-order valence-electron chi connectivity index (χ2n) is 4.28. The Hall–Kier alpha value is -2.89. The van der Waals surface area contributed by atoms with Crippen LogP contribution in [-0.4, -0.2) is 15.9 Å². The summed E-state index contributed by atoms with van der Waals surface area (Å²) in [5.74, 6) is -0.907. The van der Waals surface area contributed by atoms with Crippen molar-refractivity contribution in [1.82, 2.24) is 0 Å². The molecule has 20 heavy (non-hydrogen) atoms. The summed E-state index contributed by atoms with van der Waals surface area (Å²) in [5.41, 5.74) is 1.20. The highest BCUT2D eigenvalue weighted by molar-refractivity contribution is 6.06. The van der Waals surface area contributed by atoms with Crippen molar-refractivity contribution >= 4 is 17.3 Å². The van der Waals surface area contributed by atoms with Gasteiger partial charge in [0.15, 0.2) is 0 Å². The molecule has 0 aliphatic carbocycles. The molecule has 2 rings (SSSR count). The highest BCUT2D eigenvalue weighted by Gasteiger charge is 2.16. The molecule has 0 aromatic heterocycles. The van der Waals surface area contributed by atoms with Crippen LogP contribution in [0.3, 0.4) is 0 Å². The average molecular weight is 272 g/mol. The van der Waals surface area contributed by atoms with E-state index in [0.29, 0.717) is 5.69 Å². The van der Waals surface area contributed by atoms with Crippen molar-refractivity contribution in [2.24, 2.45) is 0 Å². The Morgan fingerprint density at radius 1 is 1.20 bits per heavy atom. The molecule has 0 aliphatic rings. The molecule has 102 valence electrons. The second-order valence-corrected chi connectivity index (χ2v) is 4.28. The molecule has 0 radical (unpaired) electrons.